The van der Waals surface area contributed by atoms with Gasteiger partial charge in [0, 0.05) is 11.6 Å². The minimum absolute atomic E-state index is 0.0997. The summed E-state index contributed by atoms with van der Waals surface area (Å²) in [5.74, 6) is -0.483. The van der Waals surface area contributed by atoms with Gasteiger partial charge in [-0.05, 0) is 0 Å². The quantitative estimate of drug-likeness (QED) is 0.366. The van der Waals surface area contributed by atoms with E-state index < -0.39 is 11.9 Å². The molecule has 0 saturated carbocycles. The second-order valence-corrected chi connectivity index (χ2v) is 2.52. The molecule has 0 bridgehead atoms. The number of ketones is 1. The number of amides is 1. The zero-order valence-electron chi connectivity index (χ0n) is 7.10. The first-order valence-electron chi connectivity index (χ1n) is 3.76. The van der Waals surface area contributed by atoms with Crippen molar-refractivity contribution >= 4 is 17.6 Å². The molecule has 0 aromatic carbocycles. The average molecular weight is 193 g/mol. The molecule has 1 rings (SSSR count). The molecular formula is C8H7N3O3. The number of hydrogen-bond acceptors (Lipinski definition) is 2. The van der Waals surface area contributed by atoms with E-state index in [1.54, 1.807) is 0 Å². The molecule has 1 amide bonds. The van der Waals surface area contributed by atoms with Crippen LogP contribution in [0.15, 0.2) is 23.8 Å². The van der Waals surface area contributed by atoms with Crippen LogP contribution in [0.5, 0.6) is 0 Å². The summed E-state index contributed by atoms with van der Waals surface area (Å²) in [7, 11) is 0. The molecule has 0 radical (unpaired) electrons. The maximum Gasteiger partial charge on any atom is 0.404 e. The van der Waals surface area contributed by atoms with Crippen molar-refractivity contribution in [3.63, 3.8) is 0 Å². The zero-order valence-corrected chi connectivity index (χ0v) is 7.10. The van der Waals surface area contributed by atoms with Crippen molar-refractivity contribution in [3.8, 4) is 0 Å². The Morgan fingerprint density at radius 2 is 2.36 bits per heavy atom. The molecule has 14 heavy (non-hydrogen) atoms. The van der Waals surface area contributed by atoms with Crippen LogP contribution in [0.2, 0.25) is 0 Å². The summed E-state index contributed by atoms with van der Waals surface area (Å²) in [5.41, 5.74) is 8.55. The summed E-state index contributed by atoms with van der Waals surface area (Å²) >= 11 is 0. The second kappa shape index (κ2) is 4.15. The Bertz CT molecular complexity index is 389. The maximum atomic E-state index is 11.3. The van der Waals surface area contributed by atoms with E-state index in [0.29, 0.717) is 0 Å². The second-order valence-electron chi connectivity index (χ2n) is 2.52. The monoisotopic (exact) mass is 193 g/mol. The fourth-order valence-electron chi connectivity index (χ4n) is 0.960. The van der Waals surface area contributed by atoms with Gasteiger partial charge in [0.25, 0.3) is 5.78 Å². The zero-order chi connectivity index (χ0) is 10.6. The molecular weight excluding hydrogens is 186 g/mol. The predicted octanol–water partition coefficient (Wildman–Crippen LogP) is -0.00990. The van der Waals surface area contributed by atoms with E-state index in [1.807, 2.05) is 5.32 Å². The fraction of sp³-hybridized carbons (Fsp3) is 0.125. The van der Waals surface area contributed by atoms with E-state index >= 15 is 0 Å². The number of Topliss-reactive ketones (excluding diaryl/α,β-unsaturated/α-hetero) is 1. The topological polar surface area (TPSA) is 103 Å². The largest absolute Gasteiger partial charge is 0.465 e. The third-order valence-corrected chi connectivity index (χ3v) is 1.61. The highest BCUT2D eigenvalue weighted by Crippen LogP contribution is 2.03. The van der Waals surface area contributed by atoms with Crippen LogP contribution in [0.25, 0.3) is 5.53 Å². The van der Waals surface area contributed by atoms with E-state index in [1.165, 1.54) is 18.2 Å². The predicted molar refractivity (Wildman–Crippen MR) is 46.9 cm³/mol. The van der Waals surface area contributed by atoms with E-state index in [4.69, 9.17) is 10.6 Å². The lowest BCUT2D eigenvalue weighted by Gasteiger charge is -2.04. The molecule has 6 nitrogen and oxygen atoms in total. The van der Waals surface area contributed by atoms with Gasteiger partial charge in [0.1, 0.15) is 0 Å². The van der Waals surface area contributed by atoms with Crippen LogP contribution in [0.4, 0.5) is 4.79 Å². The number of carbonyl (C=O) groups excluding carboxylic acids is 1. The van der Waals surface area contributed by atoms with Gasteiger partial charge in [0.2, 0.25) is 0 Å². The minimum atomic E-state index is -1.21. The Balaban J connectivity index is 2.75. The summed E-state index contributed by atoms with van der Waals surface area (Å²) in [6.07, 6.45) is 3.10. The van der Waals surface area contributed by atoms with Crippen LogP contribution in [-0.2, 0) is 4.79 Å². The summed E-state index contributed by atoms with van der Waals surface area (Å²) in [6.45, 7) is -0.0997. The molecule has 0 saturated heterocycles. The lowest BCUT2D eigenvalue weighted by Crippen LogP contribution is -2.29. The molecule has 6 heteroatoms. The molecule has 2 N–H and O–H groups in total. The molecule has 0 aromatic rings. The Morgan fingerprint density at radius 1 is 1.64 bits per heavy atom. The number of rotatable bonds is 2. The normalized spacial score (nSPS) is 14.7. The third kappa shape index (κ3) is 2.15. The molecule has 0 spiro atoms. The molecule has 0 heterocycles. The Hall–Kier alpha value is -2.20. The maximum absolute atomic E-state index is 11.3. The Morgan fingerprint density at radius 3 is 2.93 bits per heavy atom. The van der Waals surface area contributed by atoms with Crippen LogP contribution in [0.3, 0.4) is 0 Å². The Kier molecular flexibility index (Phi) is 2.93. The average Bonchev–Trinajstić information content (AvgIpc) is 2.16. The van der Waals surface area contributed by atoms with Crippen molar-refractivity contribution in [3.05, 3.63) is 29.3 Å². The van der Waals surface area contributed by atoms with Crippen LogP contribution in [0, 0.1) is 0 Å². The minimum Gasteiger partial charge on any atom is -0.465 e. The number of nitrogens with one attached hydrogen (secondary N) is 1. The van der Waals surface area contributed by atoms with E-state index in [0.717, 1.165) is 0 Å². The lowest BCUT2D eigenvalue weighted by molar-refractivity contribution is -0.113. The molecule has 1 aliphatic rings. The highest BCUT2D eigenvalue weighted by Gasteiger charge is 2.23. The van der Waals surface area contributed by atoms with Gasteiger partial charge < -0.3 is 16.0 Å². The van der Waals surface area contributed by atoms with Crippen molar-refractivity contribution in [2.75, 3.05) is 6.54 Å². The number of hydrogen-bond donors (Lipinski definition) is 2. The molecule has 0 aromatic heterocycles. The van der Waals surface area contributed by atoms with Crippen LogP contribution >= 0.6 is 0 Å². The summed E-state index contributed by atoms with van der Waals surface area (Å²) in [6, 6.07) is 0. The summed E-state index contributed by atoms with van der Waals surface area (Å²) in [5, 5.41) is 10.4. The van der Waals surface area contributed by atoms with E-state index in [2.05, 4.69) is 4.79 Å². The third-order valence-electron chi connectivity index (χ3n) is 1.61. The van der Waals surface area contributed by atoms with Gasteiger partial charge in [-0.1, -0.05) is 12.2 Å². The van der Waals surface area contributed by atoms with E-state index in [-0.39, 0.29) is 17.8 Å². The van der Waals surface area contributed by atoms with Gasteiger partial charge in [0.15, 0.2) is 0 Å². The van der Waals surface area contributed by atoms with Gasteiger partial charge in [0.05, 0.1) is 6.54 Å². The Labute approximate surface area is 79.2 Å². The molecule has 1 aliphatic carbocycles. The van der Waals surface area contributed by atoms with Gasteiger partial charge in [-0.15, -0.1) is 0 Å². The van der Waals surface area contributed by atoms with Gasteiger partial charge in [-0.3, -0.25) is 4.79 Å². The number of carboxylic acid groups (broad SMARTS) is 1. The molecule has 0 atom stereocenters. The van der Waals surface area contributed by atoms with Crippen LogP contribution < -0.4 is 5.32 Å². The highest BCUT2D eigenvalue weighted by atomic mass is 16.4. The summed E-state index contributed by atoms with van der Waals surface area (Å²) in [4.78, 5) is 24.2. The van der Waals surface area contributed by atoms with Gasteiger partial charge in [-0.2, -0.15) is 4.79 Å². The SMILES string of the molecule is [N-]=[N+]=C1C=CC=C(CNC(=O)O)C1=O. The fourth-order valence-corrected chi connectivity index (χ4v) is 0.960. The first kappa shape index (κ1) is 9.88. The van der Waals surface area contributed by atoms with Crippen molar-refractivity contribution in [1.29, 1.82) is 0 Å². The highest BCUT2D eigenvalue weighted by molar-refractivity contribution is 6.48. The van der Waals surface area contributed by atoms with Crippen molar-refractivity contribution < 1.29 is 19.5 Å². The van der Waals surface area contributed by atoms with Crippen LogP contribution in [0.1, 0.15) is 0 Å². The smallest absolute Gasteiger partial charge is 0.404 e. The van der Waals surface area contributed by atoms with Crippen LogP contribution in [-0.4, -0.2) is 34.0 Å². The van der Waals surface area contributed by atoms with Crippen molar-refractivity contribution in [1.82, 2.24) is 5.32 Å². The first-order chi connectivity index (χ1) is 6.65. The van der Waals surface area contributed by atoms with Crippen molar-refractivity contribution in [2.45, 2.75) is 0 Å². The van der Waals surface area contributed by atoms with E-state index in [9.17, 15) is 9.59 Å². The lowest BCUT2D eigenvalue weighted by atomic mass is 10.0. The summed E-state index contributed by atoms with van der Waals surface area (Å²) < 4.78 is 0. The standard InChI is InChI=1S/C8H7N3O3/c9-11-6-3-1-2-5(7(6)12)4-10-8(13)14/h1-3,10H,4H2,(H,13,14). The number of allylic oxidation sites excluding steroid dienone is 3. The van der Waals surface area contributed by atoms with Crippen molar-refractivity contribution in [2.24, 2.45) is 0 Å². The molecule has 0 aliphatic heterocycles. The molecule has 72 valence electrons. The number of nitrogens with zero attached hydrogens (tertiary/aromatic N) is 2. The van der Waals surface area contributed by atoms with Gasteiger partial charge >= 0.3 is 11.8 Å². The van der Waals surface area contributed by atoms with Gasteiger partial charge in [-0.25, -0.2) is 4.79 Å². The number of carbonyl (C=O) groups is 2. The molecule has 0 fully saturated rings. The molecule has 0 unspecified atom stereocenters. The first-order valence-corrected chi connectivity index (χ1v) is 3.76.